The van der Waals surface area contributed by atoms with Crippen molar-refractivity contribution in [2.45, 2.75) is 31.9 Å². The van der Waals surface area contributed by atoms with Crippen molar-refractivity contribution in [3.63, 3.8) is 0 Å². The smallest absolute Gasteiger partial charge is 0.0710 e. The van der Waals surface area contributed by atoms with E-state index in [-0.39, 0.29) is 0 Å². The van der Waals surface area contributed by atoms with Crippen molar-refractivity contribution in [3.8, 4) is 11.3 Å². The molecule has 5 heteroatoms. The fourth-order valence-electron chi connectivity index (χ4n) is 2.54. The highest BCUT2D eigenvalue weighted by atomic mass is 16.5. The molecule has 1 aliphatic heterocycles. The number of hydrogen-bond donors (Lipinski definition) is 2. The molecule has 2 aromatic rings. The van der Waals surface area contributed by atoms with Crippen molar-refractivity contribution in [1.82, 2.24) is 20.5 Å². The summed E-state index contributed by atoms with van der Waals surface area (Å²) < 4.78 is 5.72. The van der Waals surface area contributed by atoms with Crippen molar-refractivity contribution in [3.05, 3.63) is 36.3 Å². The minimum absolute atomic E-state index is 0.359. The van der Waals surface area contributed by atoms with Crippen LogP contribution < -0.4 is 5.32 Å². The molecule has 1 fully saturated rings. The standard InChI is InChI=1S/C15H20N4O/c1-2-7-20-14(5-1)11-17-9-13-10-18-19-15(13)12-4-3-6-16-8-12/h3-4,6,8,10,14,17H,1-2,5,7,9,11H2,(H,18,19). The highest BCUT2D eigenvalue weighted by molar-refractivity contribution is 5.61. The van der Waals surface area contributed by atoms with E-state index in [1.54, 1.807) is 6.20 Å². The summed E-state index contributed by atoms with van der Waals surface area (Å²) >= 11 is 0. The van der Waals surface area contributed by atoms with Gasteiger partial charge in [-0.1, -0.05) is 0 Å². The number of nitrogens with one attached hydrogen (secondary N) is 2. The quantitative estimate of drug-likeness (QED) is 0.875. The molecule has 0 saturated carbocycles. The minimum Gasteiger partial charge on any atom is -0.377 e. The molecule has 0 amide bonds. The van der Waals surface area contributed by atoms with Gasteiger partial charge < -0.3 is 10.1 Å². The van der Waals surface area contributed by atoms with E-state index >= 15 is 0 Å². The Balaban J connectivity index is 1.57. The van der Waals surface area contributed by atoms with Crippen LogP contribution in [0.1, 0.15) is 24.8 Å². The van der Waals surface area contributed by atoms with E-state index in [1.807, 2.05) is 24.5 Å². The van der Waals surface area contributed by atoms with E-state index in [0.29, 0.717) is 6.10 Å². The van der Waals surface area contributed by atoms with Gasteiger partial charge in [0.1, 0.15) is 0 Å². The lowest BCUT2D eigenvalue weighted by molar-refractivity contribution is 0.0168. The van der Waals surface area contributed by atoms with Crippen LogP contribution in [-0.2, 0) is 11.3 Å². The molecule has 2 N–H and O–H groups in total. The van der Waals surface area contributed by atoms with E-state index in [0.717, 1.165) is 42.9 Å². The fraction of sp³-hybridized carbons (Fsp3) is 0.467. The molecule has 3 heterocycles. The molecule has 1 unspecified atom stereocenters. The van der Waals surface area contributed by atoms with Crippen LogP contribution in [0.2, 0.25) is 0 Å². The Hall–Kier alpha value is -1.72. The zero-order valence-corrected chi connectivity index (χ0v) is 11.5. The Bertz CT molecular complexity index is 520. The normalized spacial score (nSPS) is 19.1. The Morgan fingerprint density at radius 2 is 2.35 bits per heavy atom. The van der Waals surface area contributed by atoms with Crippen LogP contribution in [0, 0.1) is 0 Å². The molecule has 0 spiro atoms. The summed E-state index contributed by atoms with van der Waals surface area (Å²) in [6.45, 7) is 2.59. The van der Waals surface area contributed by atoms with E-state index in [1.165, 1.54) is 12.8 Å². The molecule has 1 aliphatic rings. The second-order valence-electron chi connectivity index (χ2n) is 5.13. The van der Waals surface area contributed by atoms with Crippen LogP contribution in [0.25, 0.3) is 11.3 Å². The lowest BCUT2D eigenvalue weighted by Gasteiger charge is -2.22. The third-order valence-corrected chi connectivity index (χ3v) is 3.63. The average molecular weight is 272 g/mol. The van der Waals surface area contributed by atoms with Gasteiger partial charge in [0, 0.05) is 43.2 Å². The first-order chi connectivity index (χ1) is 9.93. The number of rotatable bonds is 5. The van der Waals surface area contributed by atoms with E-state index in [2.05, 4.69) is 20.5 Å². The van der Waals surface area contributed by atoms with E-state index in [9.17, 15) is 0 Å². The van der Waals surface area contributed by atoms with Crippen LogP contribution in [0.15, 0.2) is 30.7 Å². The first kappa shape index (κ1) is 13.3. The molecule has 1 atom stereocenters. The number of pyridine rings is 1. The van der Waals surface area contributed by atoms with Gasteiger partial charge in [-0.3, -0.25) is 10.1 Å². The monoisotopic (exact) mass is 272 g/mol. The van der Waals surface area contributed by atoms with Gasteiger partial charge in [0.15, 0.2) is 0 Å². The number of ether oxygens (including phenoxy) is 1. The van der Waals surface area contributed by atoms with Crippen molar-refractivity contribution in [2.24, 2.45) is 0 Å². The minimum atomic E-state index is 0.359. The lowest BCUT2D eigenvalue weighted by atomic mass is 10.1. The SMILES string of the molecule is c1cncc(-c2[nH]ncc2CNCC2CCCCO2)c1. The summed E-state index contributed by atoms with van der Waals surface area (Å²) in [6, 6.07) is 3.97. The third kappa shape index (κ3) is 3.23. The molecule has 0 aromatic carbocycles. The third-order valence-electron chi connectivity index (χ3n) is 3.63. The van der Waals surface area contributed by atoms with Crippen molar-refractivity contribution >= 4 is 0 Å². The second-order valence-corrected chi connectivity index (χ2v) is 5.13. The molecule has 5 nitrogen and oxygen atoms in total. The van der Waals surface area contributed by atoms with Crippen molar-refractivity contribution in [2.75, 3.05) is 13.2 Å². The summed E-state index contributed by atoms with van der Waals surface area (Å²) in [4.78, 5) is 4.15. The van der Waals surface area contributed by atoms with Crippen LogP contribution in [0.5, 0.6) is 0 Å². The van der Waals surface area contributed by atoms with Gasteiger partial charge in [-0.25, -0.2) is 0 Å². The lowest BCUT2D eigenvalue weighted by Crippen LogP contribution is -2.31. The maximum atomic E-state index is 5.72. The second kappa shape index (κ2) is 6.63. The van der Waals surface area contributed by atoms with E-state index in [4.69, 9.17) is 4.74 Å². The van der Waals surface area contributed by atoms with Gasteiger partial charge >= 0.3 is 0 Å². The summed E-state index contributed by atoms with van der Waals surface area (Å²) in [5.74, 6) is 0. The molecule has 0 aliphatic carbocycles. The van der Waals surface area contributed by atoms with E-state index < -0.39 is 0 Å². The summed E-state index contributed by atoms with van der Waals surface area (Å²) in [5, 5.41) is 10.7. The number of nitrogens with zero attached hydrogens (tertiary/aromatic N) is 2. The molecule has 20 heavy (non-hydrogen) atoms. The maximum Gasteiger partial charge on any atom is 0.0710 e. The highest BCUT2D eigenvalue weighted by Crippen LogP contribution is 2.19. The highest BCUT2D eigenvalue weighted by Gasteiger charge is 2.14. The zero-order valence-electron chi connectivity index (χ0n) is 11.5. The van der Waals surface area contributed by atoms with Crippen molar-refractivity contribution < 1.29 is 4.74 Å². The topological polar surface area (TPSA) is 62.8 Å². The van der Waals surface area contributed by atoms with Gasteiger partial charge in [0.25, 0.3) is 0 Å². The molecular formula is C15H20N4O. The van der Waals surface area contributed by atoms with Gasteiger partial charge in [0.05, 0.1) is 18.0 Å². The maximum absolute atomic E-state index is 5.72. The fourth-order valence-corrected chi connectivity index (χ4v) is 2.54. The number of hydrogen-bond acceptors (Lipinski definition) is 4. The van der Waals surface area contributed by atoms with Crippen LogP contribution in [0.3, 0.4) is 0 Å². The molecule has 0 bridgehead atoms. The average Bonchev–Trinajstić information content (AvgIpc) is 2.98. The van der Waals surface area contributed by atoms with Crippen LogP contribution in [-0.4, -0.2) is 34.4 Å². The Morgan fingerprint density at radius 3 is 3.15 bits per heavy atom. The molecule has 0 radical (unpaired) electrons. The van der Waals surface area contributed by atoms with Crippen molar-refractivity contribution in [1.29, 1.82) is 0 Å². The van der Waals surface area contributed by atoms with Gasteiger partial charge in [-0.05, 0) is 31.4 Å². The molecule has 106 valence electrons. The zero-order chi connectivity index (χ0) is 13.6. The molecule has 2 aromatic heterocycles. The summed E-state index contributed by atoms with van der Waals surface area (Å²) in [6.07, 6.45) is 9.49. The number of aromatic amines is 1. The summed E-state index contributed by atoms with van der Waals surface area (Å²) in [7, 11) is 0. The number of H-pyrrole nitrogens is 1. The van der Waals surface area contributed by atoms with Gasteiger partial charge in [-0.15, -0.1) is 0 Å². The Labute approximate surface area is 118 Å². The Morgan fingerprint density at radius 1 is 1.35 bits per heavy atom. The summed E-state index contributed by atoms with van der Waals surface area (Å²) in [5.41, 5.74) is 3.26. The largest absolute Gasteiger partial charge is 0.377 e. The van der Waals surface area contributed by atoms with Crippen LogP contribution in [0.4, 0.5) is 0 Å². The first-order valence-corrected chi connectivity index (χ1v) is 7.18. The van der Waals surface area contributed by atoms with Gasteiger partial charge in [0.2, 0.25) is 0 Å². The molecule has 3 rings (SSSR count). The Kier molecular flexibility index (Phi) is 4.40. The predicted octanol–water partition coefficient (Wildman–Crippen LogP) is 2.13. The first-order valence-electron chi connectivity index (χ1n) is 7.18. The molecular weight excluding hydrogens is 252 g/mol. The van der Waals surface area contributed by atoms with Gasteiger partial charge in [-0.2, -0.15) is 5.10 Å². The number of aromatic nitrogens is 3. The predicted molar refractivity (Wildman–Crippen MR) is 77.1 cm³/mol. The van der Waals surface area contributed by atoms with Crippen LogP contribution >= 0.6 is 0 Å². The molecule has 1 saturated heterocycles.